The summed E-state index contributed by atoms with van der Waals surface area (Å²) < 4.78 is 33.2. The van der Waals surface area contributed by atoms with Crippen LogP contribution in [0.4, 0.5) is 0 Å². The first-order valence-corrected chi connectivity index (χ1v) is 35.9. The molecule has 0 aromatic carbocycles. The molecular formula is C73H128NO8P. The zero-order chi connectivity index (χ0) is 60.1. The van der Waals surface area contributed by atoms with Crippen molar-refractivity contribution in [2.45, 2.75) is 315 Å². The van der Waals surface area contributed by atoms with Crippen LogP contribution >= 0.6 is 7.82 Å². The van der Waals surface area contributed by atoms with E-state index in [0.29, 0.717) is 6.42 Å². The molecule has 0 aromatic rings. The number of nitrogens with two attached hydrogens (primary N) is 1. The molecule has 0 rings (SSSR count). The summed E-state index contributed by atoms with van der Waals surface area (Å²) in [6.07, 6.45) is 93.2. The van der Waals surface area contributed by atoms with Gasteiger partial charge in [0.2, 0.25) is 0 Å². The predicted octanol–water partition coefficient (Wildman–Crippen LogP) is 22.5. The number of rotatable bonds is 64. The van der Waals surface area contributed by atoms with Crippen LogP contribution in [0.3, 0.4) is 0 Å². The first-order valence-electron chi connectivity index (χ1n) is 34.4. The number of esters is 2. The lowest BCUT2D eigenvalue weighted by Gasteiger charge is -2.19. The molecule has 0 saturated carbocycles. The molecule has 0 radical (unpaired) electrons. The van der Waals surface area contributed by atoms with Gasteiger partial charge in [0.25, 0.3) is 0 Å². The lowest BCUT2D eigenvalue weighted by atomic mass is 10.0. The SMILES string of the molecule is CC/C=C\C/C=C\C/C=C\C/C=C\C/C=C\C/C=C\C/C=C\CCCCCCCCCC(=O)OC(COC(=O)CCCCCCCCCCCCCCCCCCCCCCC/C=C\C/C=C\CCCCCCC)COP(=O)(O)OCCN. The molecule has 2 atom stereocenters. The van der Waals surface area contributed by atoms with Crippen molar-refractivity contribution in [2.75, 3.05) is 26.4 Å². The molecule has 83 heavy (non-hydrogen) atoms. The molecule has 0 amide bonds. The fourth-order valence-corrected chi connectivity index (χ4v) is 10.4. The molecule has 3 N–H and O–H groups in total. The Hall–Kier alpha value is -3.33. The zero-order valence-electron chi connectivity index (χ0n) is 53.7. The minimum absolute atomic E-state index is 0.0474. The number of allylic oxidation sites excluding steroid dienone is 18. The van der Waals surface area contributed by atoms with E-state index in [1.54, 1.807) is 0 Å². The maximum atomic E-state index is 12.8. The number of carbonyl (C=O) groups excluding carboxylic acids is 2. The van der Waals surface area contributed by atoms with Crippen LogP contribution in [0, 0.1) is 0 Å². The molecule has 0 spiro atoms. The molecule has 0 saturated heterocycles. The Kier molecular flexibility index (Phi) is 65.1. The molecule has 0 heterocycles. The van der Waals surface area contributed by atoms with E-state index in [-0.39, 0.29) is 38.6 Å². The van der Waals surface area contributed by atoms with E-state index < -0.39 is 26.5 Å². The quantitative estimate of drug-likeness (QED) is 0.0264. The number of ether oxygens (including phenoxy) is 2. The molecule has 0 bridgehead atoms. The third kappa shape index (κ3) is 67.7. The van der Waals surface area contributed by atoms with E-state index in [1.165, 1.54) is 180 Å². The van der Waals surface area contributed by atoms with Gasteiger partial charge in [0.05, 0.1) is 13.2 Å². The maximum Gasteiger partial charge on any atom is 0.472 e. The van der Waals surface area contributed by atoms with Gasteiger partial charge in [-0.15, -0.1) is 0 Å². The second-order valence-electron chi connectivity index (χ2n) is 22.7. The normalized spacial score (nSPS) is 13.6. The first kappa shape index (κ1) is 79.7. The van der Waals surface area contributed by atoms with Gasteiger partial charge in [0, 0.05) is 19.4 Å². The molecular weight excluding hydrogens is 1050 g/mol. The monoisotopic (exact) mass is 1180 g/mol. The number of hydrogen-bond donors (Lipinski definition) is 2. The van der Waals surface area contributed by atoms with Crippen LogP contribution in [-0.2, 0) is 32.7 Å². The average molecular weight is 1180 g/mol. The number of phosphoric ester groups is 1. The van der Waals surface area contributed by atoms with E-state index in [9.17, 15) is 19.0 Å². The highest BCUT2D eigenvalue weighted by atomic mass is 31.2. The van der Waals surface area contributed by atoms with Crippen LogP contribution in [0.5, 0.6) is 0 Å². The zero-order valence-corrected chi connectivity index (χ0v) is 54.5. The Bertz CT molecular complexity index is 1730. The number of phosphoric acid groups is 1. The fourth-order valence-electron chi connectivity index (χ4n) is 9.59. The van der Waals surface area contributed by atoms with E-state index in [1.807, 2.05) is 0 Å². The van der Waals surface area contributed by atoms with Crippen molar-refractivity contribution in [3.8, 4) is 0 Å². The van der Waals surface area contributed by atoms with E-state index in [0.717, 1.165) is 96.3 Å². The number of unbranched alkanes of at least 4 members (excludes halogenated alkanes) is 33. The average Bonchev–Trinajstić information content (AvgIpc) is 3.49. The Labute approximate surface area is 511 Å². The van der Waals surface area contributed by atoms with Gasteiger partial charge in [-0.1, -0.05) is 303 Å². The highest BCUT2D eigenvalue weighted by molar-refractivity contribution is 7.47. The summed E-state index contributed by atoms with van der Waals surface area (Å²) in [6.45, 7) is 3.63. The lowest BCUT2D eigenvalue weighted by molar-refractivity contribution is -0.161. The standard InChI is InChI=1S/C73H128NO8P/c1-3-5-7-9-11-13-15-17-19-21-23-25-27-29-31-33-34-35-36-38-39-41-43-45-47-49-51-53-55-57-59-61-63-65-72(75)79-69-71(70-81-83(77,78)80-68-67-74)82-73(76)66-64-62-60-58-56-54-52-50-48-46-44-42-40-37-32-30-28-26-24-22-20-18-16-14-12-10-8-6-4-2/h6,8,12,14-15,17-18,20-21,23-24,26,30,32,40,42,46,48,71H,3-5,7,9-11,13,16,19,22,25,27-29,31,33-39,41,43-45,47,49-70,74H2,1-2H3,(H,77,78)/b8-6-,14-12-,17-15-,20-18-,23-21-,26-24-,32-30-,42-40-,48-46-. The van der Waals surface area contributed by atoms with Gasteiger partial charge < -0.3 is 20.1 Å². The minimum Gasteiger partial charge on any atom is -0.462 e. The van der Waals surface area contributed by atoms with Gasteiger partial charge in [0.1, 0.15) is 6.61 Å². The smallest absolute Gasteiger partial charge is 0.462 e. The molecule has 0 aliphatic carbocycles. The molecule has 9 nitrogen and oxygen atoms in total. The topological polar surface area (TPSA) is 134 Å². The summed E-state index contributed by atoms with van der Waals surface area (Å²) >= 11 is 0. The van der Waals surface area contributed by atoms with E-state index in [2.05, 4.69) is 123 Å². The molecule has 0 aliphatic rings. The second kappa shape index (κ2) is 67.8. The summed E-state index contributed by atoms with van der Waals surface area (Å²) in [7, 11) is -4.40. The Morgan fingerprint density at radius 3 is 0.988 bits per heavy atom. The van der Waals surface area contributed by atoms with Gasteiger partial charge in [-0.05, 0) is 103 Å². The van der Waals surface area contributed by atoms with Crippen molar-refractivity contribution in [3.63, 3.8) is 0 Å². The van der Waals surface area contributed by atoms with Crippen LogP contribution < -0.4 is 5.73 Å². The first-order chi connectivity index (χ1) is 40.8. The van der Waals surface area contributed by atoms with Crippen molar-refractivity contribution in [2.24, 2.45) is 5.73 Å². The third-order valence-electron chi connectivity index (χ3n) is 14.6. The molecule has 478 valence electrons. The summed E-state index contributed by atoms with van der Waals surface area (Å²) in [6, 6.07) is 0. The Balaban J connectivity index is 3.91. The van der Waals surface area contributed by atoms with Gasteiger partial charge in [0.15, 0.2) is 6.10 Å². The largest absolute Gasteiger partial charge is 0.472 e. The molecule has 0 aliphatic heterocycles. The van der Waals surface area contributed by atoms with Gasteiger partial charge in [-0.25, -0.2) is 4.57 Å². The summed E-state index contributed by atoms with van der Waals surface area (Å²) in [5.41, 5.74) is 5.40. The predicted molar refractivity (Wildman–Crippen MR) is 358 cm³/mol. The van der Waals surface area contributed by atoms with Crippen molar-refractivity contribution in [1.82, 2.24) is 0 Å². The number of hydrogen-bond acceptors (Lipinski definition) is 8. The van der Waals surface area contributed by atoms with Crippen LogP contribution in [0.25, 0.3) is 0 Å². The van der Waals surface area contributed by atoms with Crippen molar-refractivity contribution in [1.29, 1.82) is 0 Å². The van der Waals surface area contributed by atoms with Gasteiger partial charge >= 0.3 is 19.8 Å². The minimum atomic E-state index is -4.40. The third-order valence-corrected chi connectivity index (χ3v) is 15.6. The summed E-state index contributed by atoms with van der Waals surface area (Å²) in [4.78, 5) is 35.3. The van der Waals surface area contributed by atoms with Crippen LogP contribution in [0.1, 0.15) is 309 Å². The van der Waals surface area contributed by atoms with Gasteiger partial charge in [-0.2, -0.15) is 0 Å². The maximum absolute atomic E-state index is 12.8. The van der Waals surface area contributed by atoms with Crippen LogP contribution in [0.15, 0.2) is 109 Å². The molecule has 2 unspecified atom stereocenters. The highest BCUT2D eigenvalue weighted by Crippen LogP contribution is 2.43. The van der Waals surface area contributed by atoms with Crippen LogP contribution in [-0.4, -0.2) is 49.3 Å². The molecule has 10 heteroatoms. The fraction of sp³-hybridized carbons (Fsp3) is 0.726. The highest BCUT2D eigenvalue weighted by Gasteiger charge is 2.26. The Morgan fingerprint density at radius 2 is 0.663 bits per heavy atom. The lowest BCUT2D eigenvalue weighted by Crippen LogP contribution is -2.29. The Morgan fingerprint density at radius 1 is 0.373 bits per heavy atom. The number of carbonyl (C=O) groups is 2. The molecule has 0 fully saturated rings. The van der Waals surface area contributed by atoms with E-state index >= 15 is 0 Å². The van der Waals surface area contributed by atoms with Crippen molar-refractivity contribution < 1.29 is 37.6 Å². The van der Waals surface area contributed by atoms with Gasteiger partial charge in [-0.3, -0.25) is 18.6 Å². The van der Waals surface area contributed by atoms with E-state index in [4.69, 9.17) is 24.3 Å². The van der Waals surface area contributed by atoms with Crippen molar-refractivity contribution >= 4 is 19.8 Å². The summed E-state index contributed by atoms with van der Waals surface area (Å²) in [5, 5.41) is 0. The van der Waals surface area contributed by atoms with Crippen molar-refractivity contribution in [3.05, 3.63) is 109 Å². The second-order valence-corrected chi connectivity index (χ2v) is 24.1. The molecule has 0 aromatic heterocycles. The summed E-state index contributed by atoms with van der Waals surface area (Å²) in [5.74, 6) is -0.835. The van der Waals surface area contributed by atoms with Crippen LogP contribution in [0.2, 0.25) is 0 Å².